The van der Waals surface area contributed by atoms with Crippen LogP contribution in [0.5, 0.6) is 0 Å². The lowest BCUT2D eigenvalue weighted by molar-refractivity contribution is -0.142. The van der Waals surface area contributed by atoms with Crippen LogP contribution < -0.4 is 0 Å². The predicted molar refractivity (Wildman–Crippen MR) is 132 cm³/mol. The summed E-state index contributed by atoms with van der Waals surface area (Å²) in [6.45, 7) is 4.90. The van der Waals surface area contributed by atoms with Crippen LogP contribution in [0.3, 0.4) is 0 Å². The van der Waals surface area contributed by atoms with Crippen molar-refractivity contribution in [3.63, 3.8) is 0 Å². The quantitative estimate of drug-likeness (QED) is 0.307. The summed E-state index contributed by atoms with van der Waals surface area (Å²) in [7, 11) is 0. The molecule has 1 atom stereocenters. The summed E-state index contributed by atoms with van der Waals surface area (Å²) >= 11 is 0. The third-order valence-corrected chi connectivity index (χ3v) is 6.21. The van der Waals surface area contributed by atoms with Gasteiger partial charge in [0.1, 0.15) is 12.2 Å². The first kappa shape index (κ1) is 24.3. The molecule has 0 aliphatic rings. The minimum Gasteiger partial charge on any atom is -0.481 e. The third kappa shape index (κ3) is 6.38. The van der Waals surface area contributed by atoms with Crippen molar-refractivity contribution in [2.24, 2.45) is 11.8 Å². The van der Waals surface area contributed by atoms with Crippen molar-refractivity contribution in [2.75, 3.05) is 0 Å². The Balaban J connectivity index is 1.41. The number of carbonyl (C=O) groups is 1. The number of H-pyrrole nitrogens is 1. The molecule has 0 bridgehead atoms. The third-order valence-electron chi connectivity index (χ3n) is 6.21. The van der Waals surface area contributed by atoms with E-state index in [0.29, 0.717) is 37.5 Å². The average Bonchev–Trinajstić information content (AvgIpc) is 3.54. The molecular weight excluding hydrogens is 442 g/mol. The number of carboxylic acid groups (broad SMARTS) is 1. The summed E-state index contributed by atoms with van der Waals surface area (Å²) in [4.78, 5) is 16.1. The van der Waals surface area contributed by atoms with Gasteiger partial charge in [0.15, 0.2) is 0 Å². The van der Waals surface area contributed by atoms with Crippen molar-refractivity contribution < 1.29 is 9.90 Å². The summed E-state index contributed by atoms with van der Waals surface area (Å²) in [6, 6.07) is 16.2. The molecule has 0 fully saturated rings. The molecule has 0 saturated heterocycles. The second kappa shape index (κ2) is 11.5. The molecule has 0 aliphatic carbocycles. The minimum absolute atomic E-state index is 0.350. The highest BCUT2D eigenvalue weighted by Crippen LogP contribution is 2.29. The molecule has 9 heteroatoms. The van der Waals surface area contributed by atoms with E-state index >= 15 is 0 Å². The molecule has 0 spiro atoms. The van der Waals surface area contributed by atoms with Gasteiger partial charge in [0.05, 0.1) is 12.5 Å². The summed E-state index contributed by atoms with van der Waals surface area (Å²) < 4.78 is 1.86. The molecule has 1 unspecified atom stereocenters. The number of rotatable bonds is 12. The summed E-state index contributed by atoms with van der Waals surface area (Å²) in [5.74, 6) is 0.882. The van der Waals surface area contributed by atoms with E-state index in [1.807, 2.05) is 28.9 Å². The lowest BCUT2D eigenvalue weighted by Gasteiger charge is -2.13. The highest BCUT2D eigenvalue weighted by molar-refractivity contribution is 5.80. The number of tetrazole rings is 1. The van der Waals surface area contributed by atoms with Gasteiger partial charge in [0.2, 0.25) is 5.82 Å². The second-order valence-electron chi connectivity index (χ2n) is 9.21. The number of aryl methyl sites for hydroxylation is 1. The predicted octanol–water partition coefficient (Wildman–Crippen LogP) is 4.63. The number of aromatic nitrogens is 7. The molecule has 2 heterocycles. The van der Waals surface area contributed by atoms with Crippen molar-refractivity contribution in [2.45, 2.75) is 52.5 Å². The molecule has 2 aromatic heterocycles. The van der Waals surface area contributed by atoms with E-state index in [-0.39, 0.29) is 5.92 Å². The maximum atomic E-state index is 11.7. The van der Waals surface area contributed by atoms with Crippen LogP contribution in [0.1, 0.15) is 50.9 Å². The summed E-state index contributed by atoms with van der Waals surface area (Å²) in [5.41, 5.74) is 4.08. The Hall–Kier alpha value is -3.88. The van der Waals surface area contributed by atoms with Gasteiger partial charge in [-0.2, -0.15) is 10.3 Å². The molecule has 9 nitrogen and oxygen atoms in total. The van der Waals surface area contributed by atoms with E-state index in [4.69, 9.17) is 0 Å². The zero-order valence-electron chi connectivity index (χ0n) is 20.1. The van der Waals surface area contributed by atoms with Gasteiger partial charge in [0, 0.05) is 12.0 Å². The van der Waals surface area contributed by atoms with Gasteiger partial charge < -0.3 is 5.11 Å². The van der Waals surface area contributed by atoms with Gasteiger partial charge in [-0.05, 0) is 40.7 Å². The van der Waals surface area contributed by atoms with E-state index in [0.717, 1.165) is 40.9 Å². The molecule has 0 saturated carbocycles. The van der Waals surface area contributed by atoms with Crippen molar-refractivity contribution in [1.82, 2.24) is 35.4 Å². The van der Waals surface area contributed by atoms with Gasteiger partial charge in [-0.25, -0.2) is 9.67 Å². The number of carboxylic acids is 1. The molecular formula is C26H31N7O2. The Morgan fingerprint density at radius 1 is 1.03 bits per heavy atom. The normalized spacial score (nSPS) is 12.2. The second-order valence-corrected chi connectivity index (χ2v) is 9.21. The van der Waals surface area contributed by atoms with E-state index in [2.05, 4.69) is 68.8 Å². The van der Waals surface area contributed by atoms with Gasteiger partial charge in [-0.3, -0.25) is 4.79 Å². The van der Waals surface area contributed by atoms with Crippen molar-refractivity contribution in [3.05, 3.63) is 66.2 Å². The number of benzene rings is 2. The molecule has 0 aliphatic heterocycles. The Morgan fingerprint density at radius 2 is 1.80 bits per heavy atom. The van der Waals surface area contributed by atoms with Crippen LogP contribution in [-0.2, 0) is 17.8 Å². The first-order chi connectivity index (χ1) is 17.0. The maximum absolute atomic E-state index is 11.7. The number of aliphatic carboxylic acids is 1. The standard InChI is InChI=1S/C26H31N7O2/c1-18(2)6-5-7-21(26(34)35)14-15-24-27-17-28-33(24)16-19-10-12-20(13-11-19)22-8-3-4-9-23(22)25-29-31-32-30-25/h3-4,8-13,17-18,21H,5-7,14-16H2,1-2H3,(H,34,35)(H,29,30,31,32). The fraction of sp³-hybridized carbons (Fsp3) is 0.385. The van der Waals surface area contributed by atoms with Gasteiger partial charge in [0.25, 0.3) is 0 Å². The van der Waals surface area contributed by atoms with Crippen LogP contribution in [0, 0.1) is 11.8 Å². The zero-order valence-corrected chi connectivity index (χ0v) is 20.1. The van der Waals surface area contributed by atoms with E-state index < -0.39 is 5.97 Å². The highest BCUT2D eigenvalue weighted by atomic mass is 16.4. The number of hydrogen-bond donors (Lipinski definition) is 2. The molecule has 35 heavy (non-hydrogen) atoms. The molecule has 0 radical (unpaired) electrons. The summed E-state index contributed by atoms with van der Waals surface area (Å²) in [5, 5.41) is 28.4. The monoisotopic (exact) mass is 473 g/mol. The molecule has 2 aromatic carbocycles. The smallest absolute Gasteiger partial charge is 0.306 e. The Bertz CT molecular complexity index is 1220. The number of nitrogens with one attached hydrogen (secondary N) is 1. The largest absolute Gasteiger partial charge is 0.481 e. The molecule has 4 rings (SSSR count). The van der Waals surface area contributed by atoms with Crippen LogP contribution >= 0.6 is 0 Å². The van der Waals surface area contributed by atoms with Gasteiger partial charge in [-0.15, -0.1) is 10.2 Å². The van der Waals surface area contributed by atoms with Crippen LogP contribution in [-0.4, -0.2) is 46.5 Å². The van der Waals surface area contributed by atoms with Crippen LogP contribution in [0.2, 0.25) is 0 Å². The molecule has 2 N–H and O–H groups in total. The minimum atomic E-state index is -0.725. The van der Waals surface area contributed by atoms with Crippen molar-refractivity contribution in [3.8, 4) is 22.5 Å². The van der Waals surface area contributed by atoms with Crippen LogP contribution in [0.25, 0.3) is 22.5 Å². The van der Waals surface area contributed by atoms with Crippen LogP contribution in [0.4, 0.5) is 0 Å². The Kier molecular flexibility index (Phi) is 7.97. The number of nitrogens with zero attached hydrogens (tertiary/aromatic N) is 6. The van der Waals surface area contributed by atoms with E-state index in [1.54, 1.807) is 6.33 Å². The fourth-order valence-electron chi connectivity index (χ4n) is 4.25. The Morgan fingerprint density at radius 3 is 2.49 bits per heavy atom. The highest BCUT2D eigenvalue weighted by Gasteiger charge is 2.19. The average molecular weight is 474 g/mol. The first-order valence-electron chi connectivity index (χ1n) is 12.0. The lowest BCUT2D eigenvalue weighted by Crippen LogP contribution is -2.16. The first-order valence-corrected chi connectivity index (χ1v) is 12.0. The molecule has 0 amide bonds. The topological polar surface area (TPSA) is 122 Å². The van der Waals surface area contributed by atoms with Crippen molar-refractivity contribution in [1.29, 1.82) is 0 Å². The van der Waals surface area contributed by atoms with E-state index in [9.17, 15) is 9.90 Å². The van der Waals surface area contributed by atoms with Crippen LogP contribution in [0.15, 0.2) is 54.9 Å². The Labute approximate surface area is 204 Å². The van der Waals surface area contributed by atoms with Crippen molar-refractivity contribution >= 4 is 5.97 Å². The molecule has 4 aromatic rings. The number of aromatic amines is 1. The molecule has 182 valence electrons. The van der Waals surface area contributed by atoms with Gasteiger partial charge in [-0.1, -0.05) is 75.2 Å². The number of hydrogen-bond acceptors (Lipinski definition) is 6. The zero-order chi connectivity index (χ0) is 24.6. The lowest BCUT2D eigenvalue weighted by atomic mass is 9.94. The van der Waals surface area contributed by atoms with E-state index in [1.165, 1.54) is 0 Å². The SMILES string of the molecule is CC(C)CCCC(CCc1ncnn1Cc1ccc(-c2ccccc2-c2nn[nH]n2)cc1)C(=O)O. The summed E-state index contributed by atoms with van der Waals surface area (Å²) in [6.07, 6.45) is 5.39. The fourth-order valence-corrected chi connectivity index (χ4v) is 4.25. The van der Waals surface area contributed by atoms with Gasteiger partial charge >= 0.3 is 5.97 Å². The maximum Gasteiger partial charge on any atom is 0.306 e.